The van der Waals surface area contributed by atoms with E-state index >= 15 is 0 Å². The smallest absolute Gasteiger partial charge is 0.222 e. The van der Waals surface area contributed by atoms with E-state index in [-0.39, 0.29) is 6.04 Å². The van der Waals surface area contributed by atoms with Crippen LogP contribution in [-0.4, -0.2) is 15.0 Å². The summed E-state index contributed by atoms with van der Waals surface area (Å²) >= 11 is 0. The van der Waals surface area contributed by atoms with E-state index < -0.39 is 0 Å². The summed E-state index contributed by atoms with van der Waals surface area (Å²) in [6.07, 6.45) is 4.66. The van der Waals surface area contributed by atoms with E-state index in [0.29, 0.717) is 11.9 Å². The number of hydrogen-bond acceptors (Lipinski definition) is 5. The summed E-state index contributed by atoms with van der Waals surface area (Å²) < 4.78 is 0. The summed E-state index contributed by atoms with van der Waals surface area (Å²) in [5, 5.41) is 3.44. The molecular formula is C15H21N5. The molecule has 2 aromatic rings. The monoisotopic (exact) mass is 271 g/mol. The van der Waals surface area contributed by atoms with Crippen molar-refractivity contribution in [2.75, 3.05) is 11.1 Å². The number of hydrogen-bond donors (Lipinski definition) is 2. The van der Waals surface area contributed by atoms with Gasteiger partial charge >= 0.3 is 0 Å². The molecule has 0 unspecified atom stereocenters. The number of anilines is 2. The third-order valence-corrected chi connectivity index (χ3v) is 2.99. The highest BCUT2D eigenvalue weighted by molar-refractivity contribution is 5.42. The molecule has 2 rings (SSSR count). The maximum Gasteiger partial charge on any atom is 0.222 e. The molecule has 0 aliphatic heterocycles. The van der Waals surface area contributed by atoms with E-state index in [4.69, 9.17) is 5.73 Å². The first-order chi connectivity index (χ1) is 9.54. The summed E-state index contributed by atoms with van der Waals surface area (Å²) in [5.74, 6) is 1.61. The quantitative estimate of drug-likeness (QED) is 0.874. The van der Waals surface area contributed by atoms with Crippen molar-refractivity contribution in [1.82, 2.24) is 15.0 Å². The lowest BCUT2D eigenvalue weighted by atomic mass is 9.98. The van der Waals surface area contributed by atoms with Gasteiger partial charge in [-0.05, 0) is 30.9 Å². The number of nitrogens with one attached hydrogen (secondary N) is 1. The number of nitrogens with zero attached hydrogens (tertiary/aromatic N) is 3. The van der Waals surface area contributed by atoms with Crippen molar-refractivity contribution in [2.45, 2.75) is 33.2 Å². The van der Waals surface area contributed by atoms with Crippen LogP contribution in [0.5, 0.6) is 0 Å². The predicted octanol–water partition coefficient (Wildman–Crippen LogP) is 2.96. The minimum absolute atomic E-state index is 0.164. The Morgan fingerprint density at radius 1 is 1.30 bits per heavy atom. The third-order valence-electron chi connectivity index (χ3n) is 2.99. The maximum absolute atomic E-state index is 5.70. The Bertz CT molecular complexity index is 533. The van der Waals surface area contributed by atoms with Crippen LogP contribution < -0.4 is 11.1 Å². The fraction of sp³-hybridized carbons (Fsp3) is 0.400. The van der Waals surface area contributed by atoms with Crippen LogP contribution in [0.4, 0.5) is 11.8 Å². The lowest BCUT2D eigenvalue weighted by molar-refractivity contribution is 0.529. The van der Waals surface area contributed by atoms with E-state index in [1.54, 1.807) is 6.20 Å². The highest BCUT2D eigenvalue weighted by Crippen LogP contribution is 2.25. The molecule has 1 atom stereocenters. The van der Waals surface area contributed by atoms with Gasteiger partial charge in [0.25, 0.3) is 0 Å². The molecule has 0 aliphatic rings. The van der Waals surface area contributed by atoms with Crippen LogP contribution in [0.3, 0.4) is 0 Å². The molecule has 0 aromatic carbocycles. The van der Waals surface area contributed by atoms with Crippen LogP contribution >= 0.6 is 0 Å². The Morgan fingerprint density at radius 2 is 2.10 bits per heavy atom. The van der Waals surface area contributed by atoms with Crippen molar-refractivity contribution < 1.29 is 0 Å². The van der Waals surface area contributed by atoms with Gasteiger partial charge in [0.1, 0.15) is 5.82 Å². The first-order valence-corrected chi connectivity index (χ1v) is 6.82. The van der Waals surface area contributed by atoms with E-state index in [2.05, 4.69) is 40.2 Å². The van der Waals surface area contributed by atoms with Crippen LogP contribution in [0.25, 0.3) is 0 Å². The van der Waals surface area contributed by atoms with Gasteiger partial charge in [0.05, 0.1) is 6.04 Å². The molecule has 0 saturated carbocycles. The van der Waals surface area contributed by atoms with Gasteiger partial charge in [-0.15, -0.1) is 0 Å². The first-order valence-electron chi connectivity index (χ1n) is 6.82. The zero-order valence-corrected chi connectivity index (χ0v) is 12.2. The van der Waals surface area contributed by atoms with Gasteiger partial charge in [-0.25, -0.2) is 4.98 Å². The van der Waals surface area contributed by atoms with Gasteiger partial charge in [-0.1, -0.05) is 19.9 Å². The Balaban J connectivity index is 2.23. The third kappa shape index (κ3) is 3.91. The summed E-state index contributed by atoms with van der Waals surface area (Å²) in [7, 11) is 0. The van der Waals surface area contributed by atoms with Crippen LogP contribution in [0.15, 0.2) is 30.6 Å². The molecule has 0 radical (unpaired) electrons. The van der Waals surface area contributed by atoms with Crippen molar-refractivity contribution in [3.8, 4) is 0 Å². The molecule has 20 heavy (non-hydrogen) atoms. The number of pyridine rings is 1. The SMILES string of the molecule is Cc1cc(N[C@H](CC(C)C)c2cccnc2)nc(N)n1. The minimum atomic E-state index is 0.164. The van der Waals surface area contributed by atoms with E-state index in [0.717, 1.165) is 23.5 Å². The molecule has 0 amide bonds. The fourth-order valence-electron chi connectivity index (χ4n) is 2.18. The molecular weight excluding hydrogens is 250 g/mol. The second-order valence-electron chi connectivity index (χ2n) is 5.37. The first kappa shape index (κ1) is 14.2. The summed E-state index contributed by atoms with van der Waals surface area (Å²) in [5.41, 5.74) is 7.71. The van der Waals surface area contributed by atoms with Crippen LogP contribution in [0, 0.1) is 12.8 Å². The molecule has 2 aromatic heterocycles. The normalized spacial score (nSPS) is 12.4. The van der Waals surface area contributed by atoms with Gasteiger partial charge in [0, 0.05) is 24.2 Å². The van der Waals surface area contributed by atoms with Crippen molar-refractivity contribution in [2.24, 2.45) is 5.92 Å². The Labute approximate surface area is 119 Å². The Morgan fingerprint density at radius 3 is 2.70 bits per heavy atom. The largest absolute Gasteiger partial charge is 0.368 e. The van der Waals surface area contributed by atoms with Gasteiger partial charge < -0.3 is 11.1 Å². The highest BCUT2D eigenvalue weighted by Gasteiger charge is 2.14. The van der Waals surface area contributed by atoms with Crippen LogP contribution in [0.1, 0.15) is 37.6 Å². The van der Waals surface area contributed by atoms with Gasteiger partial charge in [-0.2, -0.15) is 4.98 Å². The molecule has 3 N–H and O–H groups in total. The molecule has 0 aliphatic carbocycles. The van der Waals surface area contributed by atoms with Crippen molar-refractivity contribution >= 4 is 11.8 Å². The van der Waals surface area contributed by atoms with Crippen LogP contribution in [-0.2, 0) is 0 Å². The fourth-order valence-corrected chi connectivity index (χ4v) is 2.18. The zero-order chi connectivity index (χ0) is 14.5. The lowest BCUT2D eigenvalue weighted by Crippen LogP contribution is -2.15. The molecule has 2 heterocycles. The second-order valence-corrected chi connectivity index (χ2v) is 5.37. The molecule has 0 saturated heterocycles. The standard InChI is InChI=1S/C15H21N5/c1-10(2)7-13(12-5-4-6-17-9-12)19-14-8-11(3)18-15(16)20-14/h4-6,8-10,13H,7H2,1-3H3,(H3,16,18,19,20)/t13-/m1/s1. The second kappa shape index (κ2) is 6.32. The van der Waals surface area contributed by atoms with E-state index in [1.807, 2.05) is 25.3 Å². The maximum atomic E-state index is 5.70. The average molecular weight is 271 g/mol. The highest BCUT2D eigenvalue weighted by atomic mass is 15.1. The summed E-state index contributed by atoms with van der Waals surface area (Å²) in [4.78, 5) is 12.5. The Hall–Kier alpha value is -2.17. The molecule has 0 bridgehead atoms. The van der Waals surface area contributed by atoms with E-state index in [9.17, 15) is 0 Å². The number of aromatic nitrogens is 3. The number of aryl methyl sites for hydroxylation is 1. The Kier molecular flexibility index (Phi) is 4.50. The minimum Gasteiger partial charge on any atom is -0.368 e. The van der Waals surface area contributed by atoms with Gasteiger partial charge in [0.15, 0.2) is 0 Å². The van der Waals surface area contributed by atoms with Crippen molar-refractivity contribution in [3.05, 3.63) is 41.9 Å². The summed E-state index contributed by atoms with van der Waals surface area (Å²) in [6.45, 7) is 6.31. The summed E-state index contributed by atoms with van der Waals surface area (Å²) in [6, 6.07) is 6.09. The molecule has 0 fully saturated rings. The van der Waals surface area contributed by atoms with Gasteiger partial charge in [-0.3, -0.25) is 4.98 Å². The molecule has 5 heteroatoms. The average Bonchev–Trinajstić information content (AvgIpc) is 2.37. The predicted molar refractivity (Wildman–Crippen MR) is 81.2 cm³/mol. The van der Waals surface area contributed by atoms with Gasteiger partial charge in [0.2, 0.25) is 5.95 Å². The van der Waals surface area contributed by atoms with Crippen molar-refractivity contribution in [1.29, 1.82) is 0 Å². The van der Waals surface area contributed by atoms with Crippen LogP contribution in [0.2, 0.25) is 0 Å². The molecule has 106 valence electrons. The number of nitrogens with two attached hydrogens (primary N) is 1. The van der Waals surface area contributed by atoms with Crippen molar-refractivity contribution in [3.63, 3.8) is 0 Å². The topological polar surface area (TPSA) is 76.7 Å². The zero-order valence-electron chi connectivity index (χ0n) is 12.2. The molecule has 5 nitrogen and oxygen atoms in total. The number of nitrogen functional groups attached to an aromatic ring is 1. The lowest BCUT2D eigenvalue weighted by Gasteiger charge is -2.21. The number of rotatable bonds is 5. The molecule has 0 spiro atoms. The van der Waals surface area contributed by atoms with E-state index in [1.165, 1.54) is 0 Å².